The van der Waals surface area contributed by atoms with Gasteiger partial charge in [0.05, 0.1) is 5.02 Å². The Kier molecular flexibility index (Phi) is 5.32. The molecule has 2 heterocycles. The van der Waals surface area contributed by atoms with Crippen molar-refractivity contribution >= 4 is 35.0 Å². The number of benzene rings is 1. The van der Waals surface area contributed by atoms with Crippen molar-refractivity contribution in [1.29, 1.82) is 0 Å². The molecular formula is C17H21Cl2N5O2. The van der Waals surface area contributed by atoms with Crippen LogP contribution in [-0.2, 0) is 0 Å². The van der Waals surface area contributed by atoms with Gasteiger partial charge in [0.2, 0.25) is 11.7 Å². The van der Waals surface area contributed by atoms with E-state index in [-0.39, 0.29) is 27.8 Å². The molecule has 0 saturated carbocycles. The molecule has 0 unspecified atom stereocenters. The standard InChI is InChI=1S/C17H21Cl2N5O2/c1-17(9-20)5-7-24(8-6-17)16-22-14(21)13(15(25)23-16)26-11-4-2-3-10(18)12(11)19/h2-4H,5-9,20H2,1H3,(H3,21,22,23,25). The van der Waals surface area contributed by atoms with Crippen LogP contribution in [0.3, 0.4) is 0 Å². The molecular weight excluding hydrogens is 377 g/mol. The SMILES string of the molecule is CC1(CN)CCN(c2nc(N)c(Oc3cccc(Cl)c3Cl)c(=O)[nH]2)CC1. The lowest BCUT2D eigenvalue weighted by atomic mass is 9.81. The Morgan fingerprint density at radius 1 is 1.35 bits per heavy atom. The average Bonchev–Trinajstić information content (AvgIpc) is 2.62. The molecule has 140 valence electrons. The van der Waals surface area contributed by atoms with Crippen molar-refractivity contribution in [2.75, 3.05) is 30.3 Å². The van der Waals surface area contributed by atoms with Crippen molar-refractivity contribution < 1.29 is 4.74 Å². The molecule has 1 aliphatic heterocycles. The number of hydrogen-bond acceptors (Lipinski definition) is 6. The summed E-state index contributed by atoms with van der Waals surface area (Å²) in [6.07, 6.45) is 1.84. The number of halogens is 2. The van der Waals surface area contributed by atoms with Crippen molar-refractivity contribution in [3.63, 3.8) is 0 Å². The monoisotopic (exact) mass is 397 g/mol. The Hall–Kier alpha value is -1.96. The molecule has 2 aromatic rings. The molecule has 9 heteroatoms. The fourth-order valence-corrected chi connectivity index (χ4v) is 3.18. The van der Waals surface area contributed by atoms with E-state index >= 15 is 0 Å². The number of anilines is 2. The van der Waals surface area contributed by atoms with Crippen LogP contribution in [0.2, 0.25) is 10.0 Å². The van der Waals surface area contributed by atoms with E-state index in [0.717, 1.165) is 25.9 Å². The van der Waals surface area contributed by atoms with Crippen LogP contribution < -0.4 is 26.7 Å². The zero-order valence-corrected chi connectivity index (χ0v) is 15.9. The second-order valence-electron chi connectivity index (χ2n) is 6.76. The highest BCUT2D eigenvalue weighted by atomic mass is 35.5. The number of nitrogens with one attached hydrogen (secondary N) is 1. The molecule has 0 aliphatic carbocycles. The number of hydrogen-bond donors (Lipinski definition) is 3. The van der Waals surface area contributed by atoms with Gasteiger partial charge in [-0.1, -0.05) is 36.2 Å². The van der Waals surface area contributed by atoms with Crippen LogP contribution in [0.4, 0.5) is 11.8 Å². The molecule has 1 aromatic heterocycles. The lowest BCUT2D eigenvalue weighted by molar-refractivity contribution is 0.257. The minimum Gasteiger partial charge on any atom is -0.446 e. The van der Waals surface area contributed by atoms with Crippen molar-refractivity contribution in [2.45, 2.75) is 19.8 Å². The number of nitrogens with two attached hydrogens (primary N) is 2. The first-order chi connectivity index (χ1) is 12.3. The third kappa shape index (κ3) is 3.75. The molecule has 0 bridgehead atoms. The Morgan fingerprint density at radius 3 is 2.65 bits per heavy atom. The second-order valence-corrected chi connectivity index (χ2v) is 7.54. The summed E-state index contributed by atoms with van der Waals surface area (Å²) in [7, 11) is 0. The van der Waals surface area contributed by atoms with Gasteiger partial charge in [-0.05, 0) is 36.9 Å². The maximum atomic E-state index is 12.5. The predicted octanol–water partition coefficient (Wildman–Crippen LogP) is 3.02. The van der Waals surface area contributed by atoms with Gasteiger partial charge in [-0.25, -0.2) is 0 Å². The van der Waals surface area contributed by atoms with Crippen LogP contribution in [-0.4, -0.2) is 29.6 Å². The van der Waals surface area contributed by atoms with Crippen LogP contribution in [0.25, 0.3) is 0 Å². The van der Waals surface area contributed by atoms with Gasteiger partial charge >= 0.3 is 0 Å². The number of H-pyrrole nitrogens is 1. The van der Waals surface area contributed by atoms with Gasteiger partial charge in [-0.3, -0.25) is 9.78 Å². The molecule has 1 fully saturated rings. The summed E-state index contributed by atoms with van der Waals surface area (Å²) < 4.78 is 5.56. The van der Waals surface area contributed by atoms with E-state index in [1.54, 1.807) is 18.2 Å². The number of aromatic amines is 1. The summed E-state index contributed by atoms with van der Waals surface area (Å²) in [5.74, 6) is 0.549. The molecule has 1 aliphatic rings. The Balaban J connectivity index is 1.83. The average molecular weight is 398 g/mol. The van der Waals surface area contributed by atoms with Crippen molar-refractivity contribution in [1.82, 2.24) is 9.97 Å². The topological polar surface area (TPSA) is 110 Å². The largest absolute Gasteiger partial charge is 0.446 e. The van der Waals surface area contributed by atoms with E-state index in [9.17, 15) is 4.79 Å². The van der Waals surface area contributed by atoms with Gasteiger partial charge in [0, 0.05) is 13.1 Å². The Morgan fingerprint density at radius 2 is 2.04 bits per heavy atom. The number of ether oxygens (including phenoxy) is 1. The summed E-state index contributed by atoms with van der Waals surface area (Å²) in [6, 6.07) is 4.88. The molecule has 3 rings (SSSR count). The van der Waals surface area contributed by atoms with Gasteiger partial charge in [-0.15, -0.1) is 0 Å². The summed E-state index contributed by atoms with van der Waals surface area (Å²) in [5.41, 5.74) is 11.4. The fourth-order valence-electron chi connectivity index (χ4n) is 2.85. The zero-order valence-electron chi connectivity index (χ0n) is 14.4. The van der Waals surface area contributed by atoms with Gasteiger partial charge in [0.15, 0.2) is 5.82 Å². The van der Waals surface area contributed by atoms with E-state index < -0.39 is 5.56 Å². The van der Waals surface area contributed by atoms with Gasteiger partial charge in [-0.2, -0.15) is 4.98 Å². The van der Waals surface area contributed by atoms with E-state index in [2.05, 4.69) is 16.9 Å². The Labute approximate surface area is 161 Å². The maximum absolute atomic E-state index is 12.5. The number of piperidine rings is 1. The molecule has 0 atom stereocenters. The number of nitrogens with zero attached hydrogens (tertiary/aromatic N) is 2. The van der Waals surface area contributed by atoms with Crippen LogP contribution >= 0.6 is 23.2 Å². The lowest BCUT2D eigenvalue weighted by Crippen LogP contribution is -2.43. The normalized spacial score (nSPS) is 16.5. The van der Waals surface area contributed by atoms with E-state index in [1.807, 2.05) is 4.90 Å². The van der Waals surface area contributed by atoms with Crippen molar-refractivity contribution in [2.24, 2.45) is 11.1 Å². The third-order valence-corrected chi connectivity index (χ3v) is 5.58. The fraction of sp³-hybridized carbons (Fsp3) is 0.412. The smallest absolute Gasteiger partial charge is 0.297 e. The van der Waals surface area contributed by atoms with E-state index in [1.165, 1.54) is 0 Å². The highest BCUT2D eigenvalue weighted by Crippen LogP contribution is 2.35. The molecule has 1 aromatic carbocycles. The minimum atomic E-state index is -0.476. The summed E-state index contributed by atoms with van der Waals surface area (Å²) in [6.45, 7) is 4.30. The van der Waals surface area contributed by atoms with E-state index in [4.69, 9.17) is 39.4 Å². The van der Waals surface area contributed by atoms with E-state index in [0.29, 0.717) is 17.5 Å². The van der Waals surface area contributed by atoms with Crippen LogP contribution in [0.15, 0.2) is 23.0 Å². The number of rotatable bonds is 4. The van der Waals surface area contributed by atoms with Crippen LogP contribution in [0.1, 0.15) is 19.8 Å². The lowest BCUT2D eigenvalue weighted by Gasteiger charge is -2.38. The quantitative estimate of drug-likeness (QED) is 0.730. The predicted molar refractivity (Wildman–Crippen MR) is 104 cm³/mol. The zero-order chi connectivity index (χ0) is 18.9. The summed E-state index contributed by atoms with van der Waals surface area (Å²) in [4.78, 5) is 21.5. The van der Waals surface area contributed by atoms with Crippen molar-refractivity contribution in [3.8, 4) is 11.5 Å². The molecule has 26 heavy (non-hydrogen) atoms. The molecule has 7 nitrogen and oxygen atoms in total. The highest BCUT2D eigenvalue weighted by molar-refractivity contribution is 6.42. The maximum Gasteiger partial charge on any atom is 0.297 e. The first-order valence-corrected chi connectivity index (χ1v) is 9.05. The highest BCUT2D eigenvalue weighted by Gasteiger charge is 2.30. The molecule has 0 spiro atoms. The third-order valence-electron chi connectivity index (χ3n) is 4.78. The second kappa shape index (κ2) is 7.34. The minimum absolute atomic E-state index is 0.00745. The van der Waals surface area contributed by atoms with Crippen LogP contribution in [0.5, 0.6) is 11.5 Å². The number of aromatic nitrogens is 2. The summed E-state index contributed by atoms with van der Waals surface area (Å²) >= 11 is 12.1. The first kappa shape index (κ1) is 18.8. The molecule has 0 amide bonds. The molecule has 0 radical (unpaired) electrons. The van der Waals surface area contributed by atoms with Gasteiger partial charge in [0.1, 0.15) is 10.8 Å². The van der Waals surface area contributed by atoms with Crippen molar-refractivity contribution in [3.05, 3.63) is 38.6 Å². The summed E-state index contributed by atoms with van der Waals surface area (Å²) in [5, 5.41) is 0.522. The Bertz CT molecular complexity index is 863. The molecule has 5 N–H and O–H groups in total. The number of nitrogen functional groups attached to an aromatic ring is 1. The first-order valence-electron chi connectivity index (χ1n) is 8.30. The molecule has 1 saturated heterocycles. The van der Waals surface area contributed by atoms with Gasteiger partial charge < -0.3 is 21.1 Å². The van der Waals surface area contributed by atoms with Crippen LogP contribution in [0, 0.1) is 5.41 Å². The van der Waals surface area contributed by atoms with Gasteiger partial charge in [0.25, 0.3) is 5.56 Å².